The van der Waals surface area contributed by atoms with E-state index in [9.17, 15) is 9.18 Å². The van der Waals surface area contributed by atoms with Gasteiger partial charge in [0.15, 0.2) is 17.2 Å². The summed E-state index contributed by atoms with van der Waals surface area (Å²) in [6.07, 6.45) is 8.90. The summed E-state index contributed by atoms with van der Waals surface area (Å²) >= 11 is 0. The van der Waals surface area contributed by atoms with Gasteiger partial charge in [-0.2, -0.15) is 0 Å². The van der Waals surface area contributed by atoms with Gasteiger partial charge in [0.05, 0.1) is 17.2 Å². The van der Waals surface area contributed by atoms with Crippen LogP contribution in [0, 0.1) is 5.41 Å². The molecule has 4 heterocycles. The molecule has 8 nitrogen and oxygen atoms in total. The highest BCUT2D eigenvalue weighted by atomic mass is 19.1. The third-order valence-corrected chi connectivity index (χ3v) is 9.26. The quantitative estimate of drug-likeness (QED) is 0.270. The third-order valence-electron chi connectivity index (χ3n) is 9.26. The fraction of sp³-hybridized carbons (Fsp3) is 0.324. The predicted octanol–water partition coefficient (Wildman–Crippen LogP) is 5.78. The van der Waals surface area contributed by atoms with E-state index < -0.39 is 5.60 Å². The van der Waals surface area contributed by atoms with E-state index in [2.05, 4.69) is 43.5 Å². The molecule has 1 spiro atoms. The van der Waals surface area contributed by atoms with Gasteiger partial charge in [-0.25, -0.2) is 19.2 Å². The highest BCUT2D eigenvalue weighted by molar-refractivity contribution is 5.79. The van der Waals surface area contributed by atoms with Gasteiger partial charge in [0.2, 0.25) is 0 Å². The van der Waals surface area contributed by atoms with Crippen LogP contribution in [0.1, 0.15) is 37.3 Å². The van der Waals surface area contributed by atoms with E-state index >= 15 is 0 Å². The van der Waals surface area contributed by atoms with Gasteiger partial charge in [0, 0.05) is 43.6 Å². The zero-order valence-electron chi connectivity index (χ0n) is 24.3. The Balaban J connectivity index is 1.11. The molecule has 2 fully saturated rings. The summed E-state index contributed by atoms with van der Waals surface area (Å²) < 4.78 is 21.5. The molecule has 3 aliphatic rings. The van der Waals surface area contributed by atoms with Gasteiger partial charge in [-0.1, -0.05) is 43.0 Å². The monoisotopic (exact) mass is 578 g/mol. The zero-order valence-corrected chi connectivity index (χ0v) is 24.3. The first-order valence-corrected chi connectivity index (χ1v) is 14.8. The fourth-order valence-electron chi connectivity index (χ4n) is 7.04. The van der Waals surface area contributed by atoms with Crippen molar-refractivity contribution in [1.29, 1.82) is 0 Å². The maximum Gasteiger partial charge on any atom is 0.323 e. The molecule has 43 heavy (non-hydrogen) atoms. The summed E-state index contributed by atoms with van der Waals surface area (Å²) in [5, 5.41) is 0. The Morgan fingerprint density at radius 1 is 1.09 bits per heavy atom. The second kappa shape index (κ2) is 10.6. The number of imidazole rings is 1. The van der Waals surface area contributed by atoms with Crippen LogP contribution in [-0.2, 0) is 6.54 Å². The molecule has 7 rings (SSSR count). The van der Waals surface area contributed by atoms with Crippen molar-refractivity contribution < 1.29 is 9.13 Å². The Labute approximate surface area is 249 Å². The Bertz CT molecular complexity index is 1810. The molecule has 0 amide bonds. The topological polar surface area (TPSA) is 90.1 Å². The molecule has 220 valence electrons. The molecule has 1 aliphatic carbocycles. The maximum absolute atomic E-state index is 14.6. The first kappa shape index (κ1) is 27.3. The van der Waals surface area contributed by atoms with Crippen molar-refractivity contribution >= 4 is 22.4 Å². The number of hydrogen-bond donors (Lipinski definition) is 2. The lowest BCUT2D eigenvalue weighted by Crippen LogP contribution is -2.40. The first-order valence-electron chi connectivity index (χ1n) is 14.8. The number of ether oxygens (including phenoxy) is 1. The van der Waals surface area contributed by atoms with Crippen LogP contribution in [0.25, 0.3) is 16.6 Å². The summed E-state index contributed by atoms with van der Waals surface area (Å²) in [5.74, 6) is 1.05. The minimum atomic E-state index is -0.956. The standard InChI is InChI=1S/C34H35FN6O2/c1-23(2)34(11-10-26(35)17-27(34)25-6-4-3-5-7-25)43-30-18-36-22-37-31(30)41-15-13-33(21-41)12-14-40(20-33)19-24-8-9-28-29(16-24)39-32(42)38-28/h3-10,16-18,22H,1,11-15,19-21H2,2H3,(H2,38,39,42). The second-order valence-corrected chi connectivity index (χ2v) is 12.2. The zero-order chi connectivity index (χ0) is 29.6. The summed E-state index contributed by atoms with van der Waals surface area (Å²) in [4.78, 5) is 31.2. The lowest BCUT2D eigenvalue weighted by Gasteiger charge is -2.39. The summed E-state index contributed by atoms with van der Waals surface area (Å²) in [6.45, 7) is 10.8. The van der Waals surface area contributed by atoms with Gasteiger partial charge in [-0.15, -0.1) is 0 Å². The van der Waals surface area contributed by atoms with Crippen molar-refractivity contribution in [3.8, 4) is 5.75 Å². The number of nitrogens with zero attached hydrogens (tertiary/aromatic N) is 4. The summed E-state index contributed by atoms with van der Waals surface area (Å²) in [6, 6.07) is 15.9. The average molecular weight is 579 g/mol. The van der Waals surface area contributed by atoms with Crippen molar-refractivity contribution in [1.82, 2.24) is 24.8 Å². The number of allylic oxidation sites excluding steroid dienone is 2. The Kier molecular flexibility index (Phi) is 6.77. The minimum absolute atomic E-state index is 0.159. The minimum Gasteiger partial charge on any atom is -0.472 e. The van der Waals surface area contributed by atoms with Crippen LogP contribution in [0.2, 0.25) is 0 Å². The molecule has 9 heteroatoms. The molecule has 2 unspecified atom stereocenters. The Hall–Kier alpha value is -4.50. The van der Waals surface area contributed by atoms with Crippen molar-refractivity contribution in [3.63, 3.8) is 0 Å². The molecule has 0 radical (unpaired) electrons. The fourth-order valence-corrected chi connectivity index (χ4v) is 7.04. The van der Waals surface area contributed by atoms with Crippen LogP contribution >= 0.6 is 0 Å². The second-order valence-electron chi connectivity index (χ2n) is 12.2. The number of aromatic amines is 2. The molecule has 2 aliphatic heterocycles. The van der Waals surface area contributed by atoms with Crippen molar-refractivity contribution in [2.75, 3.05) is 31.1 Å². The number of halogens is 1. The summed E-state index contributed by atoms with van der Waals surface area (Å²) in [5.41, 5.74) is 4.29. The highest BCUT2D eigenvalue weighted by Crippen LogP contribution is 2.47. The molecule has 2 N–H and O–H groups in total. The van der Waals surface area contributed by atoms with Gasteiger partial charge in [-0.3, -0.25) is 4.90 Å². The number of rotatable bonds is 7. The van der Waals surface area contributed by atoms with Crippen LogP contribution in [0.15, 0.2) is 96.0 Å². The molecule has 2 aromatic heterocycles. The van der Waals surface area contributed by atoms with Gasteiger partial charge in [-0.05, 0) is 67.3 Å². The normalized spacial score (nSPS) is 24.0. The molecule has 2 aromatic carbocycles. The van der Waals surface area contributed by atoms with Gasteiger partial charge < -0.3 is 19.6 Å². The smallest absolute Gasteiger partial charge is 0.323 e. The number of H-pyrrole nitrogens is 2. The number of aromatic nitrogens is 4. The van der Waals surface area contributed by atoms with Crippen molar-refractivity contribution in [2.45, 2.75) is 38.3 Å². The van der Waals surface area contributed by atoms with Crippen LogP contribution < -0.4 is 15.3 Å². The molecule has 2 atom stereocenters. The highest BCUT2D eigenvalue weighted by Gasteiger charge is 2.45. The molecular formula is C34H35FN6O2. The molecule has 0 saturated carbocycles. The van der Waals surface area contributed by atoms with E-state index in [0.717, 1.165) is 79.1 Å². The first-order chi connectivity index (χ1) is 20.8. The van der Waals surface area contributed by atoms with E-state index in [0.29, 0.717) is 12.2 Å². The average Bonchev–Trinajstić information content (AvgIpc) is 3.72. The predicted molar refractivity (Wildman–Crippen MR) is 167 cm³/mol. The molecule has 0 bridgehead atoms. The number of hydrogen-bond acceptors (Lipinski definition) is 6. The maximum atomic E-state index is 14.6. The van der Waals surface area contributed by atoms with Crippen molar-refractivity contribution in [2.24, 2.45) is 5.41 Å². The molecule has 4 aromatic rings. The number of anilines is 1. The number of fused-ring (bicyclic) bond motifs is 1. The van der Waals surface area contributed by atoms with Crippen LogP contribution in [-0.4, -0.2) is 56.6 Å². The number of nitrogens with one attached hydrogen (secondary N) is 2. The van der Waals surface area contributed by atoms with Gasteiger partial charge in [0.1, 0.15) is 12.2 Å². The Morgan fingerprint density at radius 3 is 2.74 bits per heavy atom. The van der Waals surface area contributed by atoms with E-state index in [1.54, 1.807) is 24.7 Å². The van der Waals surface area contributed by atoms with Crippen LogP contribution in [0.5, 0.6) is 5.75 Å². The number of likely N-dealkylation sites (tertiary alicyclic amines) is 1. The van der Waals surface area contributed by atoms with E-state index in [4.69, 9.17) is 9.72 Å². The van der Waals surface area contributed by atoms with Crippen LogP contribution in [0.3, 0.4) is 0 Å². The Morgan fingerprint density at radius 2 is 1.91 bits per heavy atom. The third kappa shape index (κ3) is 5.07. The van der Waals surface area contributed by atoms with E-state index in [-0.39, 0.29) is 16.9 Å². The SMILES string of the molecule is C=C(C)C1(Oc2cncnc2N2CCC3(CCN(Cc4ccc5[nH]c(=O)[nH]c5c4)C3)C2)CC=C(F)C=C1c1ccccc1. The largest absolute Gasteiger partial charge is 0.472 e. The number of benzene rings is 2. The van der Waals surface area contributed by atoms with Gasteiger partial charge in [0.25, 0.3) is 0 Å². The van der Waals surface area contributed by atoms with E-state index in [1.807, 2.05) is 43.3 Å². The van der Waals surface area contributed by atoms with Crippen molar-refractivity contribution in [3.05, 3.63) is 113 Å². The molecule has 2 saturated heterocycles. The lowest BCUT2D eigenvalue weighted by molar-refractivity contribution is 0.169. The molecular weight excluding hydrogens is 543 g/mol. The summed E-state index contributed by atoms with van der Waals surface area (Å²) in [7, 11) is 0. The van der Waals surface area contributed by atoms with Crippen LogP contribution in [0.4, 0.5) is 10.2 Å². The van der Waals surface area contributed by atoms with E-state index in [1.165, 1.54) is 5.56 Å². The lowest BCUT2D eigenvalue weighted by atomic mass is 9.77. The van der Waals surface area contributed by atoms with Gasteiger partial charge >= 0.3 is 5.69 Å².